The van der Waals surface area contributed by atoms with Gasteiger partial charge < -0.3 is 4.74 Å². The van der Waals surface area contributed by atoms with Gasteiger partial charge in [-0.1, -0.05) is 0 Å². The van der Waals surface area contributed by atoms with Crippen molar-refractivity contribution in [2.75, 3.05) is 6.61 Å². The van der Waals surface area contributed by atoms with Crippen LogP contribution in [-0.4, -0.2) is 6.61 Å². The zero-order valence-corrected chi connectivity index (χ0v) is 5.53. The lowest BCUT2D eigenvalue weighted by molar-refractivity contribution is -0.579. The molecule has 0 bridgehead atoms. The Hall–Kier alpha value is -1.31. The molecule has 0 atom stereocenters. The molecular weight excluding hydrogens is 126 g/mol. The molecule has 1 aliphatic heterocycles. The molecule has 10 heavy (non-hydrogen) atoms. The summed E-state index contributed by atoms with van der Waals surface area (Å²) in [4.78, 5) is 0. The Labute approximate surface area is 59.4 Å². The molecule has 50 valence electrons. The summed E-state index contributed by atoms with van der Waals surface area (Å²) in [6.07, 6.45) is 5.94. The Morgan fingerprint density at radius 2 is 2.40 bits per heavy atom. The van der Waals surface area contributed by atoms with Crippen LogP contribution in [0.15, 0.2) is 30.5 Å². The summed E-state index contributed by atoms with van der Waals surface area (Å²) in [7, 11) is 0. The molecule has 1 aliphatic rings. The van der Waals surface area contributed by atoms with E-state index in [1.807, 2.05) is 41.2 Å². The van der Waals surface area contributed by atoms with E-state index >= 15 is 0 Å². The van der Waals surface area contributed by atoms with E-state index in [1.54, 1.807) is 0 Å². The van der Waals surface area contributed by atoms with Crippen molar-refractivity contribution in [1.82, 2.24) is 0 Å². The Balaban J connectivity index is 2.54. The number of fused-ring (bicyclic) bond motifs is 1. The summed E-state index contributed by atoms with van der Waals surface area (Å²) in [5.74, 6) is 0.907. The van der Waals surface area contributed by atoms with Crippen molar-refractivity contribution in [3.8, 4) is 5.88 Å². The van der Waals surface area contributed by atoms with Gasteiger partial charge in [-0.3, -0.25) is 0 Å². The summed E-state index contributed by atoms with van der Waals surface area (Å²) in [6.45, 7) is 0.685. The summed E-state index contributed by atoms with van der Waals surface area (Å²) in [6, 6.07) is 5.89. The van der Waals surface area contributed by atoms with Crippen LogP contribution in [0.1, 0.15) is 0 Å². The van der Waals surface area contributed by atoms with E-state index in [1.165, 1.54) is 0 Å². The summed E-state index contributed by atoms with van der Waals surface area (Å²) in [5.41, 5.74) is 0. The molecule has 2 nitrogen and oxygen atoms in total. The molecule has 0 N–H and O–H groups in total. The summed E-state index contributed by atoms with van der Waals surface area (Å²) >= 11 is 0. The van der Waals surface area contributed by atoms with Crippen molar-refractivity contribution < 1.29 is 9.30 Å². The van der Waals surface area contributed by atoms with Crippen LogP contribution < -0.4 is 9.30 Å². The molecular formula is C8H8NO+. The third-order valence-corrected chi connectivity index (χ3v) is 1.44. The van der Waals surface area contributed by atoms with Crippen molar-refractivity contribution in [2.45, 2.75) is 0 Å². The maximum absolute atomic E-state index is 5.30. The van der Waals surface area contributed by atoms with Gasteiger partial charge in [0.25, 0.3) is 0 Å². The minimum Gasteiger partial charge on any atom is -0.440 e. The van der Waals surface area contributed by atoms with Crippen LogP contribution in [0.3, 0.4) is 0 Å². The van der Waals surface area contributed by atoms with Gasteiger partial charge in [0, 0.05) is 12.1 Å². The molecule has 0 radical (unpaired) electrons. The maximum Gasteiger partial charge on any atom is 0.373 e. The van der Waals surface area contributed by atoms with E-state index in [9.17, 15) is 0 Å². The minimum absolute atomic E-state index is 0.685. The summed E-state index contributed by atoms with van der Waals surface area (Å²) in [5, 5.41) is 0. The van der Waals surface area contributed by atoms with Crippen LogP contribution in [0.25, 0.3) is 6.20 Å². The van der Waals surface area contributed by atoms with Crippen LogP contribution >= 0.6 is 0 Å². The number of pyridine rings is 1. The minimum atomic E-state index is 0.685. The average Bonchev–Trinajstić information content (AvgIpc) is 2.05. The third kappa shape index (κ3) is 0.778. The van der Waals surface area contributed by atoms with Crippen LogP contribution in [-0.2, 0) is 0 Å². The van der Waals surface area contributed by atoms with E-state index in [0.717, 1.165) is 5.88 Å². The molecule has 0 amide bonds. The number of aromatic nitrogens is 1. The first kappa shape index (κ1) is 5.47. The van der Waals surface area contributed by atoms with E-state index < -0.39 is 0 Å². The highest BCUT2D eigenvalue weighted by atomic mass is 16.5. The molecule has 0 unspecified atom stereocenters. The average molecular weight is 134 g/mol. The number of nitrogens with zero attached hydrogens (tertiary/aromatic N) is 1. The van der Waals surface area contributed by atoms with Crippen molar-refractivity contribution in [1.29, 1.82) is 0 Å². The Morgan fingerprint density at radius 3 is 3.30 bits per heavy atom. The molecule has 0 fully saturated rings. The van der Waals surface area contributed by atoms with Gasteiger partial charge in [0.15, 0.2) is 12.4 Å². The largest absolute Gasteiger partial charge is 0.440 e. The highest BCUT2D eigenvalue weighted by Gasteiger charge is 2.09. The van der Waals surface area contributed by atoms with Crippen LogP contribution in [0.5, 0.6) is 5.88 Å². The lowest BCUT2D eigenvalue weighted by atomic mass is 10.4. The predicted molar refractivity (Wildman–Crippen MR) is 37.5 cm³/mol. The Kier molecular flexibility index (Phi) is 1.17. The first-order valence-corrected chi connectivity index (χ1v) is 3.26. The molecule has 0 aromatic carbocycles. The fourth-order valence-electron chi connectivity index (χ4n) is 0.976. The second kappa shape index (κ2) is 2.14. The Morgan fingerprint density at radius 1 is 1.40 bits per heavy atom. The maximum atomic E-state index is 5.30. The number of hydrogen-bond donors (Lipinski definition) is 0. The number of rotatable bonds is 0. The second-order valence-electron chi connectivity index (χ2n) is 2.14. The second-order valence-corrected chi connectivity index (χ2v) is 2.14. The summed E-state index contributed by atoms with van der Waals surface area (Å²) < 4.78 is 7.25. The first-order valence-electron chi connectivity index (χ1n) is 3.26. The third-order valence-electron chi connectivity index (χ3n) is 1.44. The van der Waals surface area contributed by atoms with Gasteiger partial charge in [-0.2, -0.15) is 0 Å². The molecule has 1 aromatic heterocycles. The molecule has 0 saturated carbocycles. The van der Waals surface area contributed by atoms with Gasteiger partial charge in [-0.05, 0) is 6.07 Å². The van der Waals surface area contributed by atoms with Gasteiger partial charge in [-0.15, -0.1) is 4.57 Å². The normalized spacial score (nSPS) is 14.0. The van der Waals surface area contributed by atoms with Crippen molar-refractivity contribution >= 4 is 6.20 Å². The number of hydrogen-bond acceptors (Lipinski definition) is 1. The molecule has 1 aromatic rings. The van der Waals surface area contributed by atoms with E-state index in [0.29, 0.717) is 6.61 Å². The fourth-order valence-corrected chi connectivity index (χ4v) is 0.976. The van der Waals surface area contributed by atoms with Gasteiger partial charge in [0.1, 0.15) is 6.61 Å². The van der Waals surface area contributed by atoms with Crippen LogP contribution in [0, 0.1) is 0 Å². The standard InChI is InChI=1S/C8H8NO/c1-2-5-9-6-3-7-10-8(9)4-1/h1-6H,7H2/q+1. The quantitative estimate of drug-likeness (QED) is 0.479. The highest BCUT2D eigenvalue weighted by Crippen LogP contribution is 2.04. The van der Waals surface area contributed by atoms with Crippen molar-refractivity contribution in [3.63, 3.8) is 0 Å². The lowest BCUT2D eigenvalue weighted by Crippen LogP contribution is -2.31. The van der Waals surface area contributed by atoms with E-state index in [2.05, 4.69) is 0 Å². The van der Waals surface area contributed by atoms with Crippen LogP contribution in [0.4, 0.5) is 0 Å². The zero-order valence-electron chi connectivity index (χ0n) is 5.53. The van der Waals surface area contributed by atoms with Gasteiger partial charge in [0.05, 0.1) is 6.07 Å². The van der Waals surface area contributed by atoms with Gasteiger partial charge in [-0.25, -0.2) is 0 Å². The SMILES string of the molecule is C1=C[n+]2ccccc2OC1. The van der Waals surface area contributed by atoms with E-state index in [4.69, 9.17) is 4.74 Å². The van der Waals surface area contributed by atoms with Crippen LogP contribution in [0.2, 0.25) is 0 Å². The topological polar surface area (TPSA) is 13.1 Å². The van der Waals surface area contributed by atoms with E-state index in [-0.39, 0.29) is 0 Å². The highest BCUT2D eigenvalue weighted by molar-refractivity contribution is 5.16. The molecule has 2 rings (SSSR count). The molecule has 2 heterocycles. The predicted octanol–water partition coefficient (Wildman–Crippen LogP) is 0.837. The smallest absolute Gasteiger partial charge is 0.373 e. The molecule has 2 heteroatoms. The Bertz CT molecular complexity index is 268. The first-order chi connectivity index (χ1) is 4.97. The number of ether oxygens (including phenoxy) is 1. The zero-order chi connectivity index (χ0) is 6.81. The molecule has 0 aliphatic carbocycles. The van der Waals surface area contributed by atoms with Gasteiger partial charge in [0.2, 0.25) is 0 Å². The monoisotopic (exact) mass is 134 g/mol. The van der Waals surface area contributed by atoms with Crippen molar-refractivity contribution in [3.05, 3.63) is 30.5 Å². The lowest BCUT2D eigenvalue weighted by Gasteiger charge is -2.03. The molecule has 0 saturated heterocycles. The van der Waals surface area contributed by atoms with Crippen molar-refractivity contribution in [2.24, 2.45) is 0 Å². The fraction of sp³-hybridized carbons (Fsp3) is 0.125. The molecule has 0 spiro atoms. The van der Waals surface area contributed by atoms with Gasteiger partial charge >= 0.3 is 5.88 Å².